The van der Waals surface area contributed by atoms with E-state index in [1.807, 2.05) is 0 Å². The van der Waals surface area contributed by atoms with Crippen molar-refractivity contribution >= 4 is 24.2 Å². The highest BCUT2D eigenvalue weighted by atomic mass is 28.3. The summed E-state index contributed by atoms with van der Waals surface area (Å²) in [6.07, 6.45) is 6.92. The second-order valence-electron chi connectivity index (χ2n) is 12.3. The summed E-state index contributed by atoms with van der Waals surface area (Å²) in [5, 5.41) is 3.25. The molecule has 0 amide bonds. The molecule has 5 rings (SSSR count). The predicted octanol–water partition coefficient (Wildman–Crippen LogP) is 6.37. The lowest BCUT2D eigenvalue weighted by molar-refractivity contribution is -0.127. The quantitative estimate of drug-likeness (QED) is 0.517. The fourth-order valence-electron chi connectivity index (χ4n) is 9.03. The minimum Gasteiger partial charge on any atom is -0.299 e. The average molecular weight is 431 g/mol. The van der Waals surface area contributed by atoms with E-state index in [0.717, 1.165) is 12.8 Å². The molecule has 3 aliphatic carbocycles. The molecule has 0 bridgehead atoms. The van der Waals surface area contributed by atoms with Gasteiger partial charge in [-0.1, -0.05) is 112 Å². The van der Waals surface area contributed by atoms with Gasteiger partial charge in [0.1, 0.15) is 13.9 Å². The molecule has 0 aliphatic heterocycles. The van der Waals surface area contributed by atoms with Gasteiger partial charge < -0.3 is 0 Å². The third-order valence-corrected chi connectivity index (χ3v) is 16.7. The van der Waals surface area contributed by atoms with Gasteiger partial charge in [-0.25, -0.2) is 0 Å². The lowest BCUT2D eigenvalue weighted by Crippen LogP contribution is -2.67. The molecule has 0 aromatic heterocycles. The van der Waals surface area contributed by atoms with Gasteiger partial charge in [-0.05, 0) is 47.1 Å². The van der Waals surface area contributed by atoms with E-state index in [4.69, 9.17) is 0 Å². The highest BCUT2D eigenvalue weighted by molar-refractivity contribution is 7.05. The van der Waals surface area contributed by atoms with Gasteiger partial charge in [0, 0.05) is 11.8 Å². The molecule has 0 radical (unpaired) electrons. The number of hydrogen-bond acceptors (Lipinski definition) is 1. The first kappa shape index (κ1) is 21.2. The van der Waals surface area contributed by atoms with Crippen LogP contribution in [-0.2, 0) is 4.79 Å². The van der Waals surface area contributed by atoms with E-state index >= 15 is 0 Å². The molecular weight excluding hydrogens is 392 g/mol. The predicted molar refractivity (Wildman–Crippen MR) is 133 cm³/mol. The minimum absolute atomic E-state index is 0.143. The zero-order valence-corrected chi connectivity index (χ0v) is 21.0. The molecule has 0 unspecified atom stereocenters. The summed E-state index contributed by atoms with van der Waals surface area (Å²) >= 11 is 0. The topological polar surface area (TPSA) is 17.1 Å². The van der Waals surface area contributed by atoms with Crippen LogP contribution in [0.15, 0.2) is 60.7 Å². The molecule has 3 fully saturated rings. The highest BCUT2D eigenvalue weighted by Crippen LogP contribution is 2.78. The van der Waals surface area contributed by atoms with Crippen molar-refractivity contribution < 1.29 is 4.79 Å². The fraction of sp³-hybridized carbons (Fsp3) is 0.552. The van der Waals surface area contributed by atoms with Crippen molar-refractivity contribution in [2.24, 2.45) is 16.2 Å². The number of ketones is 1. The molecule has 3 aliphatic rings. The summed E-state index contributed by atoms with van der Waals surface area (Å²) in [4.78, 5) is 13.6. The van der Waals surface area contributed by atoms with E-state index in [1.165, 1.54) is 25.7 Å². The van der Waals surface area contributed by atoms with Gasteiger partial charge in [0.25, 0.3) is 0 Å². The van der Waals surface area contributed by atoms with Crippen LogP contribution in [0.1, 0.15) is 73.1 Å². The minimum atomic E-state index is -2.21. The molecule has 0 saturated heterocycles. The van der Waals surface area contributed by atoms with Crippen LogP contribution in [0.3, 0.4) is 0 Å². The first-order valence-electron chi connectivity index (χ1n) is 12.3. The lowest BCUT2D eigenvalue weighted by Gasteiger charge is -2.49. The maximum atomic E-state index is 13.6. The summed E-state index contributed by atoms with van der Waals surface area (Å²) in [5.41, 5.74) is 0.855. The van der Waals surface area contributed by atoms with Crippen molar-refractivity contribution in [2.75, 3.05) is 0 Å². The Morgan fingerprint density at radius 2 is 1.39 bits per heavy atom. The number of benzene rings is 2. The first-order valence-corrected chi connectivity index (χ1v) is 14.3. The van der Waals surface area contributed by atoms with Crippen LogP contribution in [0.2, 0.25) is 10.6 Å². The monoisotopic (exact) mass is 430 g/mol. The largest absolute Gasteiger partial charge is 0.299 e. The number of carbonyl (C=O) groups excluding carboxylic acids is 1. The Bertz CT molecular complexity index is 951. The van der Waals surface area contributed by atoms with Crippen LogP contribution < -0.4 is 10.4 Å². The Balaban J connectivity index is 1.76. The first-order chi connectivity index (χ1) is 14.6. The Hall–Kier alpha value is -1.67. The van der Waals surface area contributed by atoms with Crippen molar-refractivity contribution in [1.82, 2.24) is 0 Å². The number of Topliss-reactive ketones (excluding diaryl/α,β-unsaturated/α-hetero) is 1. The van der Waals surface area contributed by atoms with Crippen LogP contribution in [0.25, 0.3) is 0 Å². The molecule has 2 aromatic rings. The second-order valence-corrected chi connectivity index (χ2v) is 17.4. The summed E-state index contributed by atoms with van der Waals surface area (Å²) in [7, 11) is -2.21. The van der Waals surface area contributed by atoms with Crippen molar-refractivity contribution in [3.05, 3.63) is 60.7 Å². The smallest absolute Gasteiger partial charge is 0.139 e. The van der Waals surface area contributed by atoms with Gasteiger partial charge >= 0.3 is 0 Å². The zero-order valence-electron chi connectivity index (χ0n) is 20.0. The fourth-order valence-corrected chi connectivity index (χ4v) is 16.1. The van der Waals surface area contributed by atoms with Crippen LogP contribution in [-0.4, -0.2) is 13.9 Å². The second kappa shape index (κ2) is 6.67. The Morgan fingerprint density at radius 1 is 0.839 bits per heavy atom. The standard InChI is InChI=1S/C29H38OSi/c1-26(2,3)31(22-13-8-6-9-14-22,23-15-10-7-11-16-23)24-19-28(5)25(30)21-27(4)17-12-18-29(27,28)20-24/h6-11,13-16,24H,12,17-21H2,1-5H3/t24-,27+,28+,29-/m0/s1. The van der Waals surface area contributed by atoms with Crippen LogP contribution in [0, 0.1) is 16.2 Å². The van der Waals surface area contributed by atoms with Gasteiger partial charge in [-0.2, -0.15) is 0 Å². The maximum Gasteiger partial charge on any atom is 0.139 e. The molecule has 0 N–H and O–H groups in total. The van der Waals surface area contributed by atoms with Gasteiger partial charge in [-0.3, -0.25) is 4.79 Å². The third kappa shape index (κ3) is 2.52. The van der Waals surface area contributed by atoms with Crippen molar-refractivity contribution in [2.45, 2.75) is 83.7 Å². The molecule has 1 nitrogen and oxygen atoms in total. The molecule has 31 heavy (non-hydrogen) atoms. The van der Waals surface area contributed by atoms with Crippen molar-refractivity contribution in [1.29, 1.82) is 0 Å². The van der Waals surface area contributed by atoms with E-state index in [0.29, 0.717) is 11.3 Å². The Morgan fingerprint density at radius 3 is 1.90 bits per heavy atom. The molecule has 2 heteroatoms. The molecule has 164 valence electrons. The maximum absolute atomic E-state index is 13.6. The van der Waals surface area contributed by atoms with Gasteiger partial charge in [-0.15, -0.1) is 0 Å². The summed E-state index contributed by atoms with van der Waals surface area (Å²) in [6.45, 7) is 12.2. The molecule has 0 heterocycles. The lowest BCUT2D eigenvalue weighted by atomic mass is 9.61. The van der Waals surface area contributed by atoms with Crippen LogP contribution in [0.5, 0.6) is 0 Å². The summed E-state index contributed by atoms with van der Waals surface area (Å²) in [5.74, 6) is 0.565. The molecular formula is C29H38OSi. The van der Waals surface area contributed by atoms with Crippen molar-refractivity contribution in [3.8, 4) is 0 Å². The van der Waals surface area contributed by atoms with Crippen LogP contribution in [0.4, 0.5) is 0 Å². The van der Waals surface area contributed by atoms with E-state index in [-0.39, 0.29) is 21.3 Å². The zero-order chi connectivity index (χ0) is 22.1. The summed E-state index contributed by atoms with van der Waals surface area (Å²) < 4.78 is 0. The van der Waals surface area contributed by atoms with E-state index in [9.17, 15) is 4.79 Å². The number of rotatable bonds is 3. The number of hydrogen-bond donors (Lipinski definition) is 0. The number of carbonyl (C=O) groups is 1. The van der Waals surface area contributed by atoms with E-state index in [2.05, 4.69) is 95.3 Å². The average Bonchev–Trinajstić information content (AvgIpc) is 3.26. The van der Waals surface area contributed by atoms with E-state index in [1.54, 1.807) is 10.4 Å². The molecule has 4 atom stereocenters. The van der Waals surface area contributed by atoms with Gasteiger partial charge in [0.05, 0.1) is 0 Å². The van der Waals surface area contributed by atoms with E-state index < -0.39 is 8.07 Å². The Kier molecular flexibility index (Phi) is 4.56. The van der Waals surface area contributed by atoms with Gasteiger partial charge in [0.15, 0.2) is 0 Å². The van der Waals surface area contributed by atoms with Crippen molar-refractivity contribution in [3.63, 3.8) is 0 Å². The van der Waals surface area contributed by atoms with Gasteiger partial charge in [0.2, 0.25) is 0 Å². The molecule has 3 saturated carbocycles. The summed E-state index contributed by atoms with van der Waals surface area (Å²) in [6, 6.07) is 22.8. The normalized spacial score (nSPS) is 35.3. The Labute approximate surface area is 189 Å². The SMILES string of the molecule is CC(C)(C)[Si](c1ccccc1)(c1ccccc1)[C@@H]1C[C@@]23CCC[C@]2(C)CC(=O)[C@@]3(C)C1. The molecule has 2 aromatic carbocycles. The third-order valence-electron chi connectivity index (χ3n) is 10.2. The van der Waals surface area contributed by atoms with Crippen LogP contribution >= 0.6 is 0 Å². The highest BCUT2D eigenvalue weighted by Gasteiger charge is 2.75. The molecule has 1 spiro atoms.